The molecule has 0 aliphatic heterocycles. The second kappa shape index (κ2) is 6.30. The molecule has 27 heavy (non-hydrogen) atoms. The van der Waals surface area contributed by atoms with Crippen LogP contribution in [0.4, 0.5) is 0 Å². The van der Waals surface area contributed by atoms with E-state index < -0.39 is 0 Å². The molecule has 0 bridgehead atoms. The summed E-state index contributed by atoms with van der Waals surface area (Å²) in [5, 5.41) is 4.59. The Labute approximate surface area is 167 Å². The first-order valence-corrected chi connectivity index (χ1v) is 9.71. The van der Waals surface area contributed by atoms with E-state index in [1.165, 1.54) is 0 Å². The van der Waals surface area contributed by atoms with Gasteiger partial charge in [0, 0.05) is 28.2 Å². The summed E-state index contributed by atoms with van der Waals surface area (Å²) >= 11 is 3.56. The summed E-state index contributed by atoms with van der Waals surface area (Å²) in [4.78, 5) is 9.63. The summed E-state index contributed by atoms with van der Waals surface area (Å²) in [6.07, 6.45) is 0. The normalized spacial score (nSPS) is 12.1. The predicted molar refractivity (Wildman–Crippen MR) is 113 cm³/mol. The van der Waals surface area contributed by atoms with Crippen LogP contribution in [-0.2, 0) is 12.6 Å². The fraction of sp³-hybridized carbons (Fsp3) is 0.286. The van der Waals surface area contributed by atoms with Gasteiger partial charge in [-0.15, -0.1) is 0 Å². The fourth-order valence-electron chi connectivity index (χ4n) is 3.36. The Balaban J connectivity index is 2.04. The Kier molecular flexibility index (Phi) is 4.18. The van der Waals surface area contributed by atoms with E-state index in [2.05, 4.69) is 81.7 Å². The zero-order valence-corrected chi connectivity index (χ0v) is 17.7. The summed E-state index contributed by atoms with van der Waals surface area (Å²) in [6, 6.07) is 14.5. The van der Waals surface area contributed by atoms with Gasteiger partial charge in [0.25, 0.3) is 0 Å². The van der Waals surface area contributed by atoms with Crippen LogP contribution in [0.1, 0.15) is 26.6 Å². The van der Waals surface area contributed by atoms with Crippen molar-refractivity contribution in [2.24, 2.45) is 7.05 Å². The maximum atomic E-state index is 5.00. The number of benzene rings is 2. The van der Waals surface area contributed by atoms with Crippen LogP contribution in [0.25, 0.3) is 33.8 Å². The van der Waals surface area contributed by atoms with E-state index in [0.717, 1.165) is 44.1 Å². The number of aromatic nitrogens is 5. The number of aryl methyl sites for hydroxylation is 2. The molecule has 0 amide bonds. The summed E-state index contributed by atoms with van der Waals surface area (Å²) in [7, 11) is 1.91. The summed E-state index contributed by atoms with van der Waals surface area (Å²) in [5.74, 6) is 2.53. The van der Waals surface area contributed by atoms with E-state index in [-0.39, 0.29) is 5.54 Å². The minimum atomic E-state index is -0.127. The molecule has 0 saturated carbocycles. The highest BCUT2D eigenvalue weighted by molar-refractivity contribution is 9.10. The summed E-state index contributed by atoms with van der Waals surface area (Å²) in [5.41, 5.74) is 3.97. The van der Waals surface area contributed by atoms with Gasteiger partial charge < -0.3 is 4.57 Å². The summed E-state index contributed by atoms with van der Waals surface area (Å²) in [6.45, 7) is 8.56. The third-order valence-electron chi connectivity index (χ3n) is 4.68. The Morgan fingerprint density at radius 2 is 1.67 bits per heavy atom. The third-order valence-corrected chi connectivity index (χ3v) is 5.17. The van der Waals surface area contributed by atoms with Crippen molar-refractivity contribution in [1.29, 1.82) is 0 Å². The molecule has 0 aliphatic rings. The van der Waals surface area contributed by atoms with E-state index in [9.17, 15) is 0 Å². The minimum absolute atomic E-state index is 0.127. The largest absolute Gasteiger partial charge is 0.319 e. The molecule has 6 heteroatoms. The van der Waals surface area contributed by atoms with E-state index in [0.29, 0.717) is 0 Å². The van der Waals surface area contributed by atoms with Crippen LogP contribution in [-0.4, -0.2) is 24.3 Å². The second-order valence-electron chi connectivity index (χ2n) is 7.73. The van der Waals surface area contributed by atoms with Crippen molar-refractivity contribution in [1.82, 2.24) is 24.3 Å². The third kappa shape index (κ3) is 3.08. The summed E-state index contributed by atoms with van der Waals surface area (Å²) < 4.78 is 5.12. The lowest BCUT2D eigenvalue weighted by Gasteiger charge is -2.25. The molecule has 0 saturated heterocycles. The average molecular weight is 424 g/mol. The number of hydrogen-bond acceptors (Lipinski definition) is 3. The Bertz CT molecular complexity index is 1130. The van der Waals surface area contributed by atoms with Gasteiger partial charge in [-0.05, 0) is 45.9 Å². The number of imidazole rings is 1. The van der Waals surface area contributed by atoms with Gasteiger partial charge in [-0.25, -0.2) is 9.97 Å². The van der Waals surface area contributed by atoms with Crippen LogP contribution in [0.2, 0.25) is 0 Å². The van der Waals surface area contributed by atoms with Gasteiger partial charge in [0.2, 0.25) is 0 Å². The molecular weight excluding hydrogens is 402 g/mol. The highest BCUT2D eigenvalue weighted by atomic mass is 79.9. The minimum Gasteiger partial charge on any atom is -0.319 e. The molecule has 138 valence electrons. The molecule has 2 aromatic carbocycles. The van der Waals surface area contributed by atoms with Crippen molar-refractivity contribution in [3.05, 3.63) is 52.8 Å². The second-order valence-corrected chi connectivity index (χ2v) is 8.64. The fourth-order valence-corrected chi connectivity index (χ4v) is 3.71. The number of rotatable bonds is 2. The standard InChI is InChI=1S/C21H22BrN5/c1-13-23-19(25-26(13)5)15-8-6-7-9-16(15)20-24-17-12-14(22)10-11-18(17)27(20)21(2,3)4/h6-12H,1-5H3. The molecule has 0 unspecified atom stereocenters. The maximum Gasteiger partial charge on any atom is 0.182 e. The molecule has 4 rings (SSSR count). The topological polar surface area (TPSA) is 48.5 Å². The van der Waals surface area contributed by atoms with Crippen LogP contribution < -0.4 is 0 Å². The van der Waals surface area contributed by atoms with Crippen molar-refractivity contribution < 1.29 is 0 Å². The van der Waals surface area contributed by atoms with E-state index in [1.807, 2.05) is 26.1 Å². The molecule has 0 fully saturated rings. The molecule has 4 aromatic rings. The highest BCUT2D eigenvalue weighted by Gasteiger charge is 2.25. The zero-order chi connectivity index (χ0) is 19.3. The van der Waals surface area contributed by atoms with Crippen LogP contribution >= 0.6 is 15.9 Å². The van der Waals surface area contributed by atoms with E-state index in [1.54, 1.807) is 4.68 Å². The average Bonchev–Trinajstić information content (AvgIpc) is 3.14. The van der Waals surface area contributed by atoms with Gasteiger partial charge in [-0.2, -0.15) is 5.10 Å². The van der Waals surface area contributed by atoms with Crippen molar-refractivity contribution in [2.75, 3.05) is 0 Å². The molecule has 0 radical (unpaired) electrons. The first kappa shape index (κ1) is 17.9. The van der Waals surface area contributed by atoms with E-state index in [4.69, 9.17) is 4.98 Å². The van der Waals surface area contributed by atoms with Gasteiger partial charge in [-0.1, -0.05) is 40.2 Å². The number of fused-ring (bicyclic) bond motifs is 1. The Morgan fingerprint density at radius 1 is 0.963 bits per heavy atom. The SMILES string of the molecule is Cc1nc(-c2ccccc2-c2nc3cc(Br)ccc3n2C(C)(C)C)nn1C. The smallest absolute Gasteiger partial charge is 0.182 e. The molecule has 2 aromatic heterocycles. The lowest BCUT2D eigenvalue weighted by Crippen LogP contribution is -2.22. The molecule has 5 nitrogen and oxygen atoms in total. The van der Waals surface area contributed by atoms with Crippen LogP contribution in [0.15, 0.2) is 46.9 Å². The lowest BCUT2D eigenvalue weighted by molar-refractivity contribution is 0.413. The van der Waals surface area contributed by atoms with Crippen LogP contribution in [0, 0.1) is 6.92 Å². The number of hydrogen-bond donors (Lipinski definition) is 0. The molecular formula is C21H22BrN5. The highest BCUT2D eigenvalue weighted by Crippen LogP contribution is 2.36. The zero-order valence-electron chi connectivity index (χ0n) is 16.2. The molecule has 0 atom stereocenters. The van der Waals surface area contributed by atoms with Crippen LogP contribution in [0.3, 0.4) is 0 Å². The molecule has 0 N–H and O–H groups in total. The van der Waals surface area contributed by atoms with Gasteiger partial charge in [0.15, 0.2) is 5.82 Å². The Morgan fingerprint density at radius 3 is 2.30 bits per heavy atom. The maximum absolute atomic E-state index is 5.00. The van der Waals surface area contributed by atoms with Gasteiger partial charge in [-0.3, -0.25) is 4.68 Å². The monoisotopic (exact) mass is 423 g/mol. The number of halogens is 1. The van der Waals surface area contributed by atoms with Crippen LogP contribution in [0.5, 0.6) is 0 Å². The van der Waals surface area contributed by atoms with Gasteiger partial charge in [0.1, 0.15) is 11.6 Å². The first-order valence-electron chi connectivity index (χ1n) is 8.91. The van der Waals surface area contributed by atoms with E-state index >= 15 is 0 Å². The van der Waals surface area contributed by atoms with Gasteiger partial charge in [0.05, 0.1) is 11.0 Å². The molecule has 0 aliphatic carbocycles. The van der Waals surface area contributed by atoms with Crippen molar-refractivity contribution in [3.63, 3.8) is 0 Å². The lowest BCUT2D eigenvalue weighted by atomic mass is 10.0. The van der Waals surface area contributed by atoms with Crippen molar-refractivity contribution in [3.8, 4) is 22.8 Å². The number of nitrogens with zero attached hydrogens (tertiary/aromatic N) is 5. The van der Waals surface area contributed by atoms with Gasteiger partial charge >= 0.3 is 0 Å². The Hall–Kier alpha value is -2.47. The van der Waals surface area contributed by atoms with Crippen molar-refractivity contribution in [2.45, 2.75) is 33.2 Å². The quantitative estimate of drug-likeness (QED) is 0.437. The predicted octanol–water partition coefficient (Wildman–Crippen LogP) is 5.32. The van der Waals surface area contributed by atoms with Crippen molar-refractivity contribution >= 4 is 27.0 Å². The molecule has 2 heterocycles. The first-order chi connectivity index (χ1) is 12.8. The molecule has 0 spiro atoms.